The summed E-state index contributed by atoms with van der Waals surface area (Å²) in [5, 5.41) is 7.31. The van der Waals surface area contributed by atoms with Crippen LogP contribution < -0.4 is 10.1 Å². The number of carbonyl (C=O) groups excluding carboxylic acids is 1. The molecule has 1 amide bonds. The molecule has 1 aromatic heterocycles. The lowest BCUT2D eigenvalue weighted by Crippen LogP contribution is -2.20. The second-order valence-corrected chi connectivity index (χ2v) is 5.58. The maximum absolute atomic E-state index is 12.9. The van der Waals surface area contributed by atoms with Crippen molar-refractivity contribution >= 4 is 11.6 Å². The SMILES string of the molecule is Cc1nn(-c2ccccc2)c(C)c1NC(=O)COc1ccc(F)cc1. The van der Waals surface area contributed by atoms with Crippen LogP contribution in [0.4, 0.5) is 10.1 Å². The fraction of sp³-hybridized carbons (Fsp3) is 0.158. The summed E-state index contributed by atoms with van der Waals surface area (Å²) in [4.78, 5) is 12.2. The summed E-state index contributed by atoms with van der Waals surface area (Å²) < 4.78 is 20.0. The molecule has 0 unspecified atom stereocenters. The number of hydrogen-bond acceptors (Lipinski definition) is 3. The largest absolute Gasteiger partial charge is 0.484 e. The number of amides is 1. The van der Waals surface area contributed by atoms with Crippen molar-refractivity contribution < 1.29 is 13.9 Å². The molecule has 25 heavy (non-hydrogen) atoms. The molecule has 2 aromatic carbocycles. The number of nitrogens with one attached hydrogen (secondary N) is 1. The van der Waals surface area contributed by atoms with Crippen LogP contribution in [0.5, 0.6) is 5.75 Å². The zero-order chi connectivity index (χ0) is 17.8. The van der Waals surface area contributed by atoms with Crippen molar-refractivity contribution in [2.75, 3.05) is 11.9 Å². The van der Waals surface area contributed by atoms with Gasteiger partial charge >= 0.3 is 0 Å². The van der Waals surface area contributed by atoms with Crippen LogP contribution in [0.2, 0.25) is 0 Å². The Bertz CT molecular complexity index is 874. The van der Waals surface area contributed by atoms with E-state index in [-0.39, 0.29) is 18.3 Å². The lowest BCUT2D eigenvalue weighted by molar-refractivity contribution is -0.118. The van der Waals surface area contributed by atoms with Crippen molar-refractivity contribution in [3.05, 3.63) is 71.8 Å². The van der Waals surface area contributed by atoms with Gasteiger partial charge in [-0.15, -0.1) is 0 Å². The van der Waals surface area contributed by atoms with E-state index in [4.69, 9.17) is 4.74 Å². The fourth-order valence-electron chi connectivity index (χ4n) is 2.50. The fourth-order valence-corrected chi connectivity index (χ4v) is 2.50. The Balaban J connectivity index is 1.69. The maximum atomic E-state index is 12.9. The minimum absolute atomic E-state index is 0.166. The molecular formula is C19H18FN3O2. The van der Waals surface area contributed by atoms with Crippen molar-refractivity contribution in [1.29, 1.82) is 0 Å². The average Bonchev–Trinajstić information content (AvgIpc) is 2.90. The van der Waals surface area contributed by atoms with Crippen molar-refractivity contribution in [2.24, 2.45) is 0 Å². The van der Waals surface area contributed by atoms with E-state index in [2.05, 4.69) is 10.4 Å². The molecule has 1 heterocycles. The Hall–Kier alpha value is -3.15. The van der Waals surface area contributed by atoms with Crippen LogP contribution in [0.15, 0.2) is 54.6 Å². The maximum Gasteiger partial charge on any atom is 0.262 e. The van der Waals surface area contributed by atoms with E-state index in [1.807, 2.05) is 44.2 Å². The highest BCUT2D eigenvalue weighted by Crippen LogP contribution is 2.22. The zero-order valence-corrected chi connectivity index (χ0v) is 14.0. The van der Waals surface area contributed by atoms with E-state index in [1.165, 1.54) is 24.3 Å². The van der Waals surface area contributed by atoms with Crippen molar-refractivity contribution in [3.63, 3.8) is 0 Å². The number of benzene rings is 2. The number of ether oxygens (including phenoxy) is 1. The van der Waals surface area contributed by atoms with Gasteiger partial charge in [0, 0.05) is 0 Å². The van der Waals surface area contributed by atoms with Gasteiger partial charge in [-0.1, -0.05) is 18.2 Å². The summed E-state index contributed by atoms with van der Waals surface area (Å²) in [5.41, 5.74) is 3.14. The highest BCUT2D eigenvalue weighted by atomic mass is 19.1. The standard InChI is InChI=1S/C19H18FN3O2/c1-13-19(14(2)23(22-13)16-6-4-3-5-7-16)21-18(24)12-25-17-10-8-15(20)9-11-17/h3-11H,12H2,1-2H3,(H,21,24). The number of carbonyl (C=O) groups is 1. The second kappa shape index (κ2) is 7.17. The van der Waals surface area contributed by atoms with Gasteiger partial charge in [-0.25, -0.2) is 9.07 Å². The molecule has 128 valence electrons. The summed E-state index contributed by atoms with van der Waals surface area (Å²) >= 11 is 0. The third-order valence-electron chi connectivity index (χ3n) is 3.74. The molecule has 6 heteroatoms. The predicted molar refractivity (Wildman–Crippen MR) is 93.6 cm³/mol. The van der Waals surface area contributed by atoms with E-state index in [0.717, 1.165) is 17.1 Å². The first kappa shape index (κ1) is 16.7. The summed E-state index contributed by atoms with van der Waals surface area (Å²) in [7, 11) is 0. The van der Waals surface area contributed by atoms with Gasteiger partial charge in [0.25, 0.3) is 5.91 Å². The second-order valence-electron chi connectivity index (χ2n) is 5.58. The molecule has 0 saturated carbocycles. The zero-order valence-electron chi connectivity index (χ0n) is 14.0. The molecule has 3 rings (SSSR count). The number of para-hydroxylation sites is 1. The number of aryl methyl sites for hydroxylation is 1. The molecule has 0 fully saturated rings. The van der Waals surface area contributed by atoms with Crippen LogP contribution in [-0.4, -0.2) is 22.3 Å². The molecule has 0 bridgehead atoms. The number of hydrogen-bond donors (Lipinski definition) is 1. The normalized spacial score (nSPS) is 10.5. The Morgan fingerprint density at radius 1 is 1.12 bits per heavy atom. The number of aromatic nitrogens is 2. The highest BCUT2D eigenvalue weighted by molar-refractivity contribution is 5.93. The molecule has 0 atom stereocenters. The molecule has 0 aliphatic heterocycles. The summed E-state index contributed by atoms with van der Waals surface area (Å²) in [5.74, 6) is -0.218. The molecule has 0 aliphatic carbocycles. The molecular weight excluding hydrogens is 321 g/mol. The van der Waals surface area contributed by atoms with Gasteiger partial charge in [-0.05, 0) is 50.2 Å². The lowest BCUT2D eigenvalue weighted by Gasteiger charge is -2.08. The Morgan fingerprint density at radius 2 is 1.80 bits per heavy atom. The lowest BCUT2D eigenvalue weighted by atomic mass is 10.3. The van der Waals surface area contributed by atoms with Gasteiger partial charge in [-0.2, -0.15) is 5.10 Å². The molecule has 0 aliphatic rings. The van der Waals surface area contributed by atoms with Gasteiger partial charge in [0.05, 0.1) is 22.8 Å². The van der Waals surface area contributed by atoms with E-state index in [1.54, 1.807) is 4.68 Å². The van der Waals surface area contributed by atoms with Crippen LogP contribution in [0.1, 0.15) is 11.4 Å². The first-order chi connectivity index (χ1) is 12.0. The van der Waals surface area contributed by atoms with E-state index in [9.17, 15) is 9.18 Å². The number of rotatable bonds is 5. The van der Waals surface area contributed by atoms with Crippen LogP contribution in [0, 0.1) is 19.7 Å². The predicted octanol–water partition coefficient (Wildman–Crippen LogP) is 3.65. The Labute approximate surface area is 145 Å². The van der Waals surface area contributed by atoms with Gasteiger partial charge < -0.3 is 10.1 Å². The Kier molecular flexibility index (Phi) is 4.79. The molecule has 3 aromatic rings. The number of nitrogens with zero attached hydrogens (tertiary/aromatic N) is 2. The van der Waals surface area contributed by atoms with E-state index < -0.39 is 0 Å². The van der Waals surface area contributed by atoms with Crippen molar-refractivity contribution in [3.8, 4) is 11.4 Å². The van der Waals surface area contributed by atoms with Crippen LogP contribution in [-0.2, 0) is 4.79 Å². The van der Waals surface area contributed by atoms with Crippen LogP contribution >= 0.6 is 0 Å². The van der Waals surface area contributed by atoms with Crippen molar-refractivity contribution in [2.45, 2.75) is 13.8 Å². The van der Waals surface area contributed by atoms with E-state index in [0.29, 0.717) is 11.4 Å². The van der Waals surface area contributed by atoms with Gasteiger partial charge in [0.2, 0.25) is 0 Å². The number of anilines is 1. The minimum atomic E-state index is -0.351. The number of halogens is 1. The van der Waals surface area contributed by atoms with Gasteiger partial charge in [0.1, 0.15) is 11.6 Å². The first-order valence-corrected chi connectivity index (χ1v) is 7.84. The van der Waals surface area contributed by atoms with Crippen molar-refractivity contribution in [1.82, 2.24) is 9.78 Å². The quantitative estimate of drug-likeness (QED) is 0.772. The first-order valence-electron chi connectivity index (χ1n) is 7.84. The molecule has 1 N–H and O–H groups in total. The topological polar surface area (TPSA) is 56.2 Å². The van der Waals surface area contributed by atoms with Crippen LogP contribution in [0.3, 0.4) is 0 Å². The molecule has 0 spiro atoms. The minimum Gasteiger partial charge on any atom is -0.484 e. The third-order valence-corrected chi connectivity index (χ3v) is 3.74. The summed E-state index contributed by atoms with van der Waals surface area (Å²) in [6.07, 6.45) is 0. The van der Waals surface area contributed by atoms with Crippen LogP contribution in [0.25, 0.3) is 5.69 Å². The van der Waals surface area contributed by atoms with Gasteiger partial charge in [-0.3, -0.25) is 4.79 Å². The van der Waals surface area contributed by atoms with Gasteiger partial charge in [0.15, 0.2) is 6.61 Å². The molecule has 0 saturated heterocycles. The monoisotopic (exact) mass is 339 g/mol. The van der Waals surface area contributed by atoms with E-state index >= 15 is 0 Å². The summed E-state index contributed by atoms with van der Waals surface area (Å²) in [6, 6.07) is 15.2. The average molecular weight is 339 g/mol. The third kappa shape index (κ3) is 3.85. The highest BCUT2D eigenvalue weighted by Gasteiger charge is 2.15. The Morgan fingerprint density at radius 3 is 2.48 bits per heavy atom. The molecule has 5 nitrogen and oxygen atoms in total. The summed E-state index contributed by atoms with van der Waals surface area (Å²) in [6.45, 7) is 3.56. The molecule has 0 radical (unpaired) electrons. The smallest absolute Gasteiger partial charge is 0.262 e.